The van der Waals surface area contributed by atoms with Gasteiger partial charge in [-0.2, -0.15) is 0 Å². The van der Waals surface area contributed by atoms with Gasteiger partial charge in [0.2, 0.25) is 0 Å². The number of aromatic nitrogens is 1. The second kappa shape index (κ2) is 6.34. The van der Waals surface area contributed by atoms with Gasteiger partial charge in [-0.05, 0) is 42.8 Å². The van der Waals surface area contributed by atoms with Gasteiger partial charge in [0.05, 0.1) is 19.7 Å². The first-order valence-electron chi connectivity index (χ1n) is 7.16. The normalized spacial score (nSPS) is 10.6. The van der Waals surface area contributed by atoms with Crippen molar-refractivity contribution in [2.24, 2.45) is 0 Å². The number of nitrogens with one attached hydrogen (secondary N) is 1. The molecule has 3 rings (SSSR count). The molecule has 1 N–H and O–H groups in total. The van der Waals surface area contributed by atoms with Gasteiger partial charge in [-0.1, -0.05) is 11.6 Å². The number of ether oxygens (including phenoxy) is 2. The molecule has 2 aromatic carbocycles. The minimum absolute atomic E-state index is 0.660. The molecule has 4 nitrogen and oxygen atoms in total. The molecule has 0 spiro atoms. The Morgan fingerprint density at radius 2 is 1.70 bits per heavy atom. The number of methoxy groups -OCH3 is 2. The number of pyridine rings is 1. The molecule has 0 atom stereocenters. The number of benzene rings is 2. The zero-order valence-corrected chi connectivity index (χ0v) is 13.9. The van der Waals surface area contributed by atoms with Gasteiger partial charge in [-0.25, -0.2) is 0 Å². The first-order valence-corrected chi connectivity index (χ1v) is 7.54. The van der Waals surface area contributed by atoms with E-state index >= 15 is 0 Å². The molecule has 0 amide bonds. The fourth-order valence-electron chi connectivity index (χ4n) is 2.49. The molecule has 1 heterocycles. The standard InChI is InChI=1S/C18H17ClN2O2/c1-11-8-12(19)4-5-14(11)21-15-6-7-20-16-10-18(23-3)17(22-2)9-13(15)16/h4-10H,1-3H3,(H,20,21). The largest absolute Gasteiger partial charge is 0.493 e. The number of anilines is 2. The summed E-state index contributed by atoms with van der Waals surface area (Å²) in [6.07, 6.45) is 1.77. The van der Waals surface area contributed by atoms with Crippen LogP contribution in [0.2, 0.25) is 5.02 Å². The van der Waals surface area contributed by atoms with Gasteiger partial charge in [0.1, 0.15) is 0 Å². The van der Waals surface area contributed by atoms with Crippen LogP contribution in [0.15, 0.2) is 42.6 Å². The van der Waals surface area contributed by atoms with E-state index in [0.717, 1.165) is 32.9 Å². The lowest BCUT2D eigenvalue weighted by Crippen LogP contribution is -1.96. The molecule has 0 bridgehead atoms. The third kappa shape index (κ3) is 3.03. The number of hydrogen-bond donors (Lipinski definition) is 1. The van der Waals surface area contributed by atoms with Crippen LogP contribution in [0, 0.1) is 6.92 Å². The minimum Gasteiger partial charge on any atom is -0.493 e. The highest BCUT2D eigenvalue weighted by atomic mass is 35.5. The Kier molecular flexibility index (Phi) is 4.26. The maximum atomic E-state index is 6.02. The molecule has 1 aromatic heterocycles. The maximum absolute atomic E-state index is 6.02. The highest BCUT2D eigenvalue weighted by molar-refractivity contribution is 6.30. The van der Waals surface area contributed by atoms with E-state index in [4.69, 9.17) is 21.1 Å². The van der Waals surface area contributed by atoms with E-state index < -0.39 is 0 Å². The minimum atomic E-state index is 0.660. The van der Waals surface area contributed by atoms with E-state index in [1.54, 1.807) is 20.4 Å². The lowest BCUT2D eigenvalue weighted by molar-refractivity contribution is 0.356. The molecule has 0 saturated heterocycles. The Labute approximate surface area is 140 Å². The Balaban J connectivity index is 2.10. The number of halogens is 1. The number of hydrogen-bond acceptors (Lipinski definition) is 4. The van der Waals surface area contributed by atoms with Crippen LogP contribution < -0.4 is 14.8 Å². The predicted octanol–water partition coefficient (Wildman–Crippen LogP) is 4.96. The van der Waals surface area contributed by atoms with E-state index in [1.165, 1.54) is 0 Å². The van der Waals surface area contributed by atoms with Gasteiger partial charge in [0, 0.05) is 34.0 Å². The molecule has 0 aliphatic heterocycles. The van der Waals surface area contributed by atoms with E-state index in [-0.39, 0.29) is 0 Å². The molecule has 23 heavy (non-hydrogen) atoms. The van der Waals surface area contributed by atoms with Crippen molar-refractivity contribution in [3.63, 3.8) is 0 Å². The van der Waals surface area contributed by atoms with Gasteiger partial charge < -0.3 is 14.8 Å². The number of rotatable bonds is 4. The summed E-state index contributed by atoms with van der Waals surface area (Å²) in [5, 5.41) is 5.12. The fourth-order valence-corrected chi connectivity index (χ4v) is 2.72. The number of nitrogens with zero attached hydrogens (tertiary/aromatic N) is 1. The highest BCUT2D eigenvalue weighted by Crippen LogP contribution is 2.35. The summed E-state index contributed by atoms with van der Waals surface area (Å²) in [5.74, 6) is 1.33. The number of fused-ring (bicyclic) bond motifs is 1. The van der Waals surface area contributed by atoms with Crippen molar-refractivity contribution in [1.29, 1.82) is 0 Å². The van der Waals surface area contributed by atoms with Crippen LogP contribution in [-0.4, -0.2) is 19.2 Å². The van der Waals surface area contributed by atoms with Crippen molar-refractivity contribution < 1.29 is 9.47 Å². The lowest BCUT2D eigenvalue weighted by atomic mass is 10.1. The first-order chi connectivity index (χ1) is 11.1. The third-order valence-electron chi connectivity index (χ3n) is 3.70. The van der Waals surface area contributed by atoms with E-state index in [1.807, 2.05) is 43.3 Å². The number of aryl methyl sites for hydroxylation is 1. The molecule has 5 heteroatoms. The average molecular weight is 329 g/mol. The molecule has 0 radical (unpaired) electrons. The molecular weight excluding hydrogens is 312 g/mol. The van der Waals surface area contributed by atoms with Crippen LogP contribution in [0.25, 0.3) is 10.9 Å². The van der Waals surface area contributed by atoms with Crippen molar-refractivity contribution in [3.05, 3.63) is 53.2 Å². The van der Waals surface area contributed by atoms with Crippen molar-refractivity contribution in [2.45, 2.75) is 6.92 Å². The van der Waals surface area contributed by atoms with Crippen molar-refractivity contribution in [1.82, 2.24) is 4.98 Å². The van der Waals surface area contributed by atoms with Crippen molar-refractivity contribution in [2.75, 3.05) is 19.5 Å². The monoisotopic (exact) mass is 328 g/mol. The Bertz CT molecular complexity index is 865. The van der Waals surface area contributed by atoms with Crippen molar-refractivity contribution in [3.8, 4) is 11.5 Å². The third-order valence-corrected chi connectivity index (χ3v) is 3.94. The van der Waals surface area contributed by atoms with Gasteiger partial charge in [-0.3, -0.25) is 4.98 Å². The summed E-state index contributed by atoms with van der Waals surface area (Å²) in [7, 11) is 3.24. The smallest absolute Gasteiger partial charge is 0.162 e. The summed E-state index contributed by atoms with van der Waals surface area (Å²) in [4.78, 5) is 4.41. The van der Waals surface area contributed by atoms with E-state index in [0.29, 0.717) is 11.5 Å². The van der Waals surface area contributed by atoms with Crippen molar-refractivity contribution >= 4 is 33.9 Å². The highest BCUT2D eigenvalue weighted by Gasteiger charge is 2.10. The van der Waals surface area contributed by atoms with Gasteiger partial charge >= 0.3 is 0 Å². The molecule has 0 unspecified atom stereocenters. The van der Waals surface area contributed by atoms with Crippen LogP contribution in [0.1, 0.15) is 5.56 Å². The van der Waals surface area contributed by atoms with Crippen LogP contribution >= 0.6 is 11.6 Å². The zero-order valence-electron chi connectivity index (χ0n) is 13.2. The summed E-state index contributed by atoms with van der Waals surface area (Å²) in [6, 6.07) is 11.5. The summed E-state index contributed by atoms with van der Waals surface area (Å²) in [5.41, 5.74) is 3.85. The van der Waals surface area contributed by atoms with E-state index in [2.05, 4.69) is 10.3 Å². The van der Waals surface area contributed by atoms with Crippen LogP contribution in [0.5, 0.6) is 11.5 Å². The van der Waals surface area contributed by atoms with Crippen LogP contribution in [0.3, 0.4) is 0 Å². The first kappa shape index (κ1) is 15.4. The summed E-state index contributed by atoms with van der Waals surface area (Å²) >= 11 is 6.02. The molecule has 0 saturated carbocycles. The second-order valence-corrected chi connectivity index (χ2v) is 5.60. The van der Waals surface area contributed by atoms with Crippen LogP contribution in [-0.2, 0) is 0 Å². The Hall–Kier alpha value is -2.46. The predicted molar refractivity (Wildman–Crippen MR) is 94.3 cm³/mol. The SMILES string of the molecule is COc1cc2nccc(Nc3ccc(Cl)cc3C)c2cc1OC. The Morgan fingerprint density at radius 3 is 2.39 bits per heavy atom. The lowest BCUT2D eigenvalue weighted by Gasteiger charge is -2.14. The summed E-state index contributed by atoms with van der Waals surface area (Å²) in [6.45, 7) is 2.02. The molecule has 3 aromatic rings. The molecule has 0 fully saturated rings. The molecule has 0 aliphatic rings. The topological polar surface area (TPSA) is 43.4 Å². The van der Waals surface area contributed by atoms with E-state index in [9.17, 15) is 0 Å². The average Bonchev–Trinajstić information content (AvgIpc) is 2.56. The summed E-state index contributed by atoms with van der Waals surface area (Å²) < 4.78 is 10.7. The molecule has 0 aliphatic carbocycles. The maximum Gasteiger partial charge on any atom is 0.162 e. The quantitative estimate of drug-likeness (QED) is 0.735. The van der Waals surface area contributed by atoms with Gasteiger partial charge in [0.25, 0.3) is 0 Å². The van der Waals surface area contributed by atoms with Gasteiger partial charge in [-0.15, -0.1) is 0 Å². The Morgan fingerprint density at radius 1 is 0.957 bits per heavy atom. The fraction of sp³-hybridized carbons (Fsp3) is 0.167. The molecular formula is C18H17ClN2O2. The second-order valence-electron chi connectivity index (χ2n) is 5.17. The van der Waals surface area contributed by atoms with Crippen LogP contribution in [0.4, 0.5) is 11.4 Å². The van der Waals surface area contributed by atoms with Gasteiger partial charge in [0.15, 0.2) is 11.5 Å². The zero-order chi connectivity index (χ0) is 16.4. The molecule has 118 valence electrons.